The number of hydrogen-bond acceptors (Lipinski definition) is 4. The van der Waals surface area contributed by atoms with Crippen LogP contribution in [-0.4, -0.2) is 38.8 Å². The number of nitrogens with one attached hydrogen (secondary N) is 1. The van der Waals surface area contributed by atoms with Crippen LogP contribution in [0.4, 0.5) is 18.9 Å². The van der Waals surface area contributed by atoms with Crippen LogP contribution in [0.3, 0.4) is 0 Å². The van der Waals surface area contributed by atoms with Crippen LogP contribution in [-0.2, 0) is 16.2 Å². The van der Waals surface area contributed by atoms with Gasteiger partial charge in [-0.25, -0.2) is 8.42 Å². The lowest BCUT2D eigenvalue weighted by molar-refractivity contribution is -0.137. The van der Waals surface area contributed by atoms with Crippen molar-refractivity contribution in [2.75, 3.05) is 25.5 Å². The van der Waals surface area contributed by atoms with Crippen molar-refractivity contribution in [1.82, 2.24) is 4.31 Å². The van der Waals surface area contributed by atoms with Crippen molar-refractivity contribution in [3.63, 3.8) is 0 Å². The number of amides is 1. The fraction of sp³-hybridized carbons (Fsp3) is 0.240. The lowest BCUT2D eigenvalue weighted by atomic mass is 9.98. The minimum absolute atomic E-state index is 0.00618. The number of nitrogens with zero attached hydrogens (tertiary/aromatic N) is 1. The number of benzene rings is 3. The Morgan fingerprint density at radius 3 is 2.17 bits per heavy atom. The summed E-state index contributed by atoms with van der Waals surface area (Å²) in [6.07, 6.45) is -4.47. The highest BCUT2D eigenvalue weighted by molar-refractivity contribution is 7.89. The molecule has 35 heavy (non-hydrogen) atoms. The monoisotopic (exact) mass is 506 g/mol. The van der Waals surface area contributed by atoms with E-state index < -0.39 is 27.7 Å². The van der Waals surface area contributed by atoms with Gasteiger partial charge in [0, 0.05) is 18.7 Å². The Kier molecular flexibility index (Phi) is 7.86. The van der Waals surface area contributed by atoms with Crippen LogP contribution < -0.4 is 10.1 Å². The minimum atomic E-state index is -4.47. The molecule has 3 rings (SSSR count). The molecule has 0 aromatic heterocycles. The Morgan fingerprint density at radius 2 is 1.60 bits per heavy atom. The molecule has 1 amide bonds. The minimum Gasteiger partial charge on any atom is -0.495 e. The molecule has 0 fully saturated rings. The zero-order chi connectivity index (χ0) is 25.8. The van der Waals surface area contributed by atoms with E-state index in [0.717, 1.165) is 12.1 Å². The number of methoxy groups -OCH3 is 1. The van der Waals surface area contributed by atoms with Gasteiger partial charge in [0.25, 0.3) is 5.91 Å². The van der Waals surface area contributed by atoms with Crippen molar-refractivity contribution in [3.8, 4) is 16.9 Å². The van der Waals surface area contributed by atoms with Gasteiger partial charge < -0.3 is 10.1 Å². The molecule has 0 radical (unpaired) electrons. The van der Waals surface area contributed by atoms with E-state index in [1.807, 2.05) is 0 Å². The highest BCUT2D eigenvalue weighted by Gasteiger charge is 2.30. The van der Waals surface area contributed by atoms with Crippen molar-refractivity contribution in [1.29, 1.82) is 0 Å². The fourth-order valence-electron chi connectivity index (χ4n) is 3.62. The molecule has 0 aliphatic rings. The highest BCUT2D eigenvalue weighted by Crippen LogP contribution is 2.33. The summed E-state index contributed by atoms with van der Waals surface area (Å²) in [6, 6.07) is 15.1. The first-order chi connectivity index (χ1) is 16.5. The summed E-state index contributed by atoms with van der Waals surface area (Å²) in [5.41, 5.74) is 0.400. The highest BCUT2D eigenvalue weighted by atomic mass is 32.2. The molecule has 0 aliphatic heterocycles. The smallest absolute Gasteiger partial charge is 0.416 e. The Labute approximate surface area is 202 Å². The van der Waals surface area contributed by atoms with E-state index in [9.17, 15) is 26.4 Å². The number of carbonyl (C=O) groups excluding carboxylic acids is 1. The topological polar surface area (TPSA) is 75.7 Å². The SMILES string of the molecule is CCN(CC)S(=O)(=O)c1ccc(OC)c(NC(=O)c2ccccc2-c2ccc(C(F)(F)F)cc2)c1. The number of hydrogen-bond donors (Lipinski definition) is 1. The summed E-state index contributed by atoms with van der Waals surface area (Å²) in [6.45, 7) is 4.02. The van der Waals surface area contributed by atoms with Gasteiger partial charge in [-0.05, 0) is 47.5 Å². The van der Waals surface area contributed by atoms with Crippen molar-refractivity contribution in [3.05, 3.63) is 77.9 Å². The molecule has 0 saturated heterocycles. The van der Waals surface area contributed by atoms with Gasteiger partial charge in [-0.15, -0.1) is 0 Å². The summed E-state index contributed by atoms with van der Waals surface area (Å²) >= 11 is 0. The first-order valence-corrected chi connectivity index (χ1v) is 12.2. The molecule has 0 bridgehead atoms. The first-order valence-electron chi connectivity index (χ1n) is 10.8. The van der Waals surface area contributed by atoms with Gasteiger partial charge in [-0.1, -0.05) is 44.2 Å². The zero-order valence-corrected chi connectivity index (χ0v) is 20.2. The number of halogens is 3. The summed E-state index contributed by atoms with van der Waals surface area (Å²) in [4.78, 5) is 13.2. The molecule has 0 atom stereocenters. The number of alkyl halides is 3. The van der Waals surface area contributed by atoms with Gasteiger partial charge in [0.1, 0.15) is 5.75 Å². The molecule has 0 heterocycles. The predicted molar refractivity (Wildman–Crippen MR) is 128 cm³/mol. The van der Waals surface area contributed by atoms with E-state index in [1.54, 1.807) is 32.0 Å². The van der Waals surface area contributed by atoms with Crippen LogP contribution in [0.1, 0.15) is 29.8 Å². The van der Waals surface area contributed by atoms with E-state index in [0.29, 0.717) is 11.1 Å². The lowest BCUT2D eigenvalue weighted by Gasteiger charge is -2.20. The second-order valence-corrected chi connectivity index (χ2v) is 9.46. The predicted octanol–water partition coefficient (Wildman–Crippen LogP) is 5.66. The number of anilines is 1. The van der Waals surface area contributed by atoms with Crippen LogP contribution in [0.2, 0.25) is 0 Å². The van der Waals surface area contributed by atoms with Crippen LogP contribution in [0, 0.1) is 0 Å². The molecule has 186 valence electrons. The summed E-state index contributed by atoms with van der Waals surface area (Å²) < 4.78 is 71.2. The molecular weight excluding hydrogens is 481 g/mol. The van der Waals surface area contributed by atoms with Gasteiger partial charge >= 0.3 is 6.18 Å². The average molecular weight is 507 g/mol. The van der Waals surface area contributed by atoms with Crippen LogP contribution in [0.15, 0.2) is 71.6 Å². The summed E-state index contributed by atoms with van der Waals surface area (Å²) in [5, 5.41) is 2.68. The molecular formula is C25H25F3N2O4S. The van der Waals surface area contributed by atoms with Gasteiger partial charge in [-0.2, -0.15) is 17.5 Å². The van der Waals surface area contributed by atoms with Crippen LogP contribution >= 0.6 is 0 Å². The van der Waals surface area contributed by atoms with Gasteiger partial charge in [-0.3, -0.25) is 4.79 Å². The van der Waals surface area contributed by atoms with Gasteiger partial charge in [0.05, 0.1) is 23.3 Å². The van der Waals surface area contributed by atoms with Crippen molar-refractivity contribution in [2.45, 2.75) is 24.9 Å². The molecule has 3 aromatic rings. The van der Waals surface area contributed by atoms with E-state index in [-0.39, 0.29) is 35.0 Å². The second-order valence-electron chi connectivity index (χ2n) is 7.53. The van der Waals surface area contributed by atoms with E-state index in [2.05, 4.69) is 5.32 Å². The molecule has 0 unspecified atom stereocenters. The number of carbonyl (C=O) groups is 1. The third-order valence-corrected chi connectivity index (χ3v) is 7.50. The Morgan fingerprint density at radius 1 is 0.971 bits per heavy atom. The Bertz CT molecular complexity index is 1300. The number of sulfonamides is 1. The Balaban J connectivity index is 1.98. The molecule has 10 heteroatoms. The van der Waals surface area contributed by atoms with E-state index in [1.165, 1.54) is 47.8 Å². The average Bonchev–Trinajstić information content (AvgIpc) is 2.84. The summed E-state index contributed by atoms with van der Waals surface area (Å²) in [5.74, 6) is -0.319. The maximum Gasteiger partial charge on any atom is 0.416 e. The van der Waals surface area contributed by atoms with Crippen LogP contribution in [0.5, 0.6) is 5.75 Å². The fourth-order valence-corrected chi connectivity index (χ4v) is 5.10. The van der Waals surface area contributed by atoms with Crippen molar-refractivity contribution < 1.29 is 31.1 Å². The van der Waals surface area contributed by atoms with Crippen molar-refractivity contribution >= 4 is 21.6 Å². The standard InChI is InChI=1S/C25H25F3N2O4S/c1-4-30(5-2)35(32,33)19-14-15-23(34-3)22(16-19)29-24(31)21-9-7-6-8-20(21)17-10-12-18(13-11-17)25(26,27)28/h6-16H,4-5H2,1-3H3,(H,29,31). The molecule has 0 aliphatic carbocycles. The normalized spacial score (nSPS) is 12.0. The maximum atomic E-state index is 13.2. The molecule has 1 N–H and O–H groups in total. The zero-order valence-electron chi connectivity index (χ0n) is 19.4. The molecule has 6 nitrogen and oxygen atoms in total. The number of rotatable bonds is 8. The van der Waals surface area contributed by atoms with Crippen LogP contribution in [0.25, 0.3) is 11.1 Å². The van der Waals surface area contributed by atoms with Crippen molar-refractivity contribution in [2.24, 2.45) is 0 Å². The quantitative estimate of drug-likeness (QED) is 0.428. The molecule has 0 spiro atoms. The van der Waals surface area contributed by atoms with Gasteiger partial charge in [0.15, 0.2) is 0 Å². The van der Waals surface area contributed by atoms with Gasteiger partial charge in [0.2, 0.25) is 10.0 Å². The maximum absolute atomic E-state index is 13.2. The largest absolute Gasteiger partial charge is 0.495 e. The third kappa shape index (κ3) is 5.66. The number of ether oxygens (including phenoxy) is 1. The second kappa shape index (κ2) is 10.5. The Hall–Kier alpha value is -3.37. The molecule has 3 aromatic carbocycles. The lowest BCUT2D eigenvalue weighted by Crippen LogP contribution is -2.30. The van der Waals surface area contributed by atoms with E-state index in [4.69, 9.17) is 4.74 Å². The molecule has 0 saturated carbocycles. The third-order valence-electron chi connectivity index (χ3n) is 5.46. The van der Waals surface area contributed by atoms with E-state index >= 15 is 0 Å². The summed E-state index contributed by atoms with van der Waals surface area (Å²) in [7, 11) is -2.39. The first kappa shape index (κ1) is 26.2.